The average molecular weight is 530 g/mol. The number of hydrogen-bond acceptors (Lipinski definition) is 2. The molecule has 0 N–H and O–H groups in total. The molecule has 1 fully saturated rings. The first-order valence-corrected chi connectivity index (χ1v) is 8.19. The summed E-state index contributed by atoms with van der Waals surface area (Å²) in [5.74, 6) is -44.0. The van der Waals surface area contributed by atoms with Crippen LogP contribution < -0.4 is 5.11 Å². The number of hydrogen-bond donors (Lipinski definition) is 0. The van der Waals surface area contributed by atoms with Crippen LogP contribution in [0.15, 0.2) is 24.3 Å². The lowest BCUT2D eigenvalue weighted by Crippen LogP contribution is -2.85. The molecule has 1 aliphatic rings. The van der Waals surface area contributed by atoms with Gasteiger partial charge in [-0.3, -0.25) is 4.79 Å². The predicted octanol–water partition coefficient (Wildman–Crippen LogP) is 5.53. The lowest BCUT2D eigenvalue weighted by Gasteiger charge is -2.51. The van der Waals surface area contributed by atoms with Gasteiger partial charge in [0.15, 0.2) is 0 Å². The number of halogens is 15. The van der Waals surface area contributed by atoms with Crippen LogP contribution in [0.1, 0.15) is 11.1 Å². The quantitative estimate of drug-likeness (QED) is 0.294. The predicted molar refractivity (Wildman–Crippen MR) is 78.0 cm³/mol. The lowest BCUT2D eigenvalue weighted by molar-refractivity contribution is -0.475. The van der Waals surface area contributed by atoms with Gasteiger partial charge in [0.25, 0.3) is 0 Å². The molecule has 0 amide bonds. The van der Waals surface area contributed by atoms with Gasteiger partial charge in [0.2, 0.25) is 5.78 Å². The SMILES string of the molecule is O=C(/C=C(\[O-])c1ccc(Cl)c(C(F)(F)F)c1)C1(F)C(F)(F)C(F)(F)C(F)(F)C(F)(F)C1(F)F. The van der Waals surface area contributed by atoms with Crippen LogP contribution in [0.5, 0.6) is 0 Å². The summed E-state index contributed by atoms with van der Waals surface area (Å²) in [5, 5.41) is 10.8. The Bertz CT molecular complexity index is 981. The zero-order chi connectivity index (χ0) is 26.2. The van der Waals surface area contributed by atoms with E-state index in [1.165, 1.54) is 0 Å². The Balaban J connectivity index is 2.72. The number of carbonyl (C=O) groups is 1. The van der Waals surface area contributed by atoms with Crippen molar-refractivity contribution in [3.05, 3.63) is 40.4 Å². The Hall–Kier alpha value is -2.26. The van der Waals surface area contributed by atoms with E-state index in [0.717, 1.165) is 0 Å². The number of alkyl halides is 14. The van der Waals surface area contributed by atoms with Gasteiger partial charge in [-0.2, -0.15) is 57.1 Å². The molecule has 2 nitrogen and oxygen atoms in total. The first kappa shape index (κ1) is 27.0. The molecule has 1 saturated carbocycles. The second kappa shape index (κ2) is 7.12. The summed E-state index contributed by atoms with van der Waals surface area (Å²) in [6.45, 7) is 0. The Morgan fingerprint density at radius 3 is 1.58 bits per heavy atom. The molecule has 0 unspecified atom stereocenters. The molecular weight excluding hydrogens is 526 g/mol. The molecule has 0 spiro atoms. The Morgan fingerprint density at radius 1 is 0.788 bits per heavy atom. The molecule has 0 heterocycles. The van der Waals surface area contributed by atoms with E-state index < -0.39 is 75.2 Å². The van der Waals surface area contributed by atoms with Gasteiger partial charge >= 0.3 is 41.5 Å². The zero-order valence-corrected chi connectivity index (χ0v) is 15.6. The third kappa shape index (κ3) is 3.19. The normalized spacial score (nSPS) is 24.9. The third-order valence-electron chi connectivity index (χ3n) is 4.60. The third-order valence-corrected chi connectivity index (χ3v) is 4.93. The standard InChI is InChI=1S/C16H5ClF14O2/c17-7-2-1-5(3-6(7)11(19,20)21)8(32)4-9(33)10(18)12(22,23)14(26,27)16(30,31)15(28,29)13(10,24)25/h1-4,32H/p-1/b8-4-. The molecule has 1 aromatic carbocycles. The van der Waals surface area contributed by atoms with Crippen molar-refractivity contribution in [2.24, 2.45) is 0 Å². The molecule has 1 aromatic rings. The summed E-state index contributed by atoms with van der Waals surface area (Å²) in [6, 6.07) is 0.421. The summed E-state index contributed by atoms with van der Waals surface area (Å²) in [4.78, 5) is 11.7. The van der Waals surface area contributed by atoms with Crippen LogP contribution in [0.3, 0.4) is 0 Å². The number of benzene rings is 1. The number of rotatable bonds is 3. The molecule has 0 aliphatic heterocycles. The van der Waals surface area contributed by atoms with Crippen molar-refractivity contribution in [1.29, 1.82) is 0 Å². The maximum absolute atomic E-state index is 14.5. The van der Waals surface area contributed by atoms with E-state index in [1.807, 2.05) is 0 Å². The van der Waals surface area contributed by atoms with Gasteiger partial charge in [-0.25, -0.2) is 4.39 Å². The monoisotopic (exact) mass is 529 g/mol. The van der Waals surface area contributed by atoms with Gasteiger partial charge in [-0.1, -0.05) is 23.4 Å². The first-order chi connectivity index (χ1) is 14.4. The molecule has 0 bridgehead atoms. The molecule has 186 valence electrons. The molecule has 1 aliphatic carbocycles. The molecule has 0 radical (unpaired) electrons. The minimum absolute atomic E-state index is 0.201. The van der Waals surface area contributed by atoms with Crippen molar-refractivity contribution in [2.75, 3.05) is 0 Å². The van der Waals surface area contributed by atoms with E-state index in [-0.39, 0.29) is 6.07 Å². The molecule has 0 saturated heterocycles. The van der Waals surface area contributed by atoms with E-state index in [2.05, 4.69) is 0 Å². The van der Waals surface area contributed by atoms with Gasteiger partial charge in [0, 0.05) is 0 Å². The Morgan fingerprint density at radius 2 is 1.18 bits per heavy atom. The highest BCUT2D eigenvalue weighted by Gasteiger charge is 3.02. The summed E-state index contributed by atoms with van der Waals surface area (Å²) in [7, 11) is 0. The highest BCUT2D eigenvalue weighted by molar-refractivity contribution is 6.31. The number of allylic oxidation sites excluding steroid dienone is 1. The molecule has 2 rings (SSSR count). The summed E-state index contributed by atoms with van der Waals surface area (Å²) in [6.07, 6.45) is -6.56. The van der Waals surface area contributed by atoms with E-state index in [0.29, 0.717) is 12.1 Å². The van der Waals surface area contributed by atoms with Crippen LogP contribution in [-0.4, -0.2) is 41.1 Å². The van der Waals surface area contributed by atoms with Gasteiger partial charge in [-0.15, -0.1) is 0 Å². The Kier molecular flexibility index (Phi) is 5.82. The minimum atomic E-state index is -7.59. The van der Waals surface area contributed by atoms with Crippen molar-refractivity contribution < 1.29 is 71.4 Å². The topological polar surface area (TPSA) is 40.1 Å². The van der Waals surface area contributed by atoms with Crippen LogP contribution in [0.2, 0.25) is 5.02 Å². The van der Waals surface area contributed by atoms with Gasteiger partial charge < -0.3 is 5.11 Å². The summed E-state index contributed by atoms with van der Waals surface area (Å²) in [5.41, 5.74) is -10.3. The molecule has 0 atom stereocenters. The van der Waals surface area contributed by atoms with Crippen LogP contribution in [-0.2, 0) is 11.0 Å². The minimum Gasteiger partial charge on any atom is -0.872 e. The summed E-state index contributed by atoms with van der Waals surface area (Å²) < 4.78 is 188. The van der Waals surface area contributed by atoms with Gasteiger partial charge in [0.05, 0.1) is 10.6 Å². The molecule has 17 heteroatoms. The zero-order valence-electron chi connectivity index (χ0n) is 14.8. The highest BCUT2D eigenvalue weighted by atomic mass is 35.5. The van der Waals surface area contributed by atoms with Crippen LogP contribution >= 0.6 is 11.6 Å². The molecule has 0 aromatic heterocycles. The van der Waals surface area contributed by atoms with Crippen molar-refractivity contribution in [3.8, 4) is 0 Å². The van der Waals surface area contributed by atoms with Crippen LogP contribution in [0, 0.1) is 0 Å². The fourth-order valence-electron chi connectivity index (χ4n) is 2.73. The fraction of sp³-hybridized carbons (Fsp3) is 0.438. The van der Waals surface area contributed by atoms with Gasteiger partial charge in [-0.05, 0) is 23.8 Å². The van der Waals surface area contributed by atoms with Crippen molar-refractivity contribution in [3.63, 3.8) is 0 Å². The van der Waals surface area contributed by atoms with Crippen molar-refractivity contribution >= 4 is 23.1 Å². The van der Waals surface area contributed by atoms with Crippen LogP contribution in [0.4, 0.5) is 61.5 Å². The smallest absolute Gasteiger partial charge is 0.417 e. The maximum atomic E-state index is 14.5. The molecule has 33 heavy (non-hydrogen) atoms. The van der Waals surface area contributed by atoms with E-state index >= 15 is 0 Å². The summed E-state index contributed by atoms with van der Waals surface area (Å²) >= 11 is 5.19. The van der Waals surface area contributed by atoms with E-state index in [9.17, 15) is 71.4 Å². The van der Waals surface area contributed by atoms with E-state index in [4.69, 9.17) is 11.6 Å². The maximum Gasteiger partial charge on any atom is 0.417 e. The first-order valence-electron chi connectivity index (χ1n) is 7.81. The average Bonchev–Trinajstić information content (AvgIpc) is 2.64. The number of carbonyl (C=O) groups excluding carboxylic acids is 1. The van der Waals surface area contributed by atoms with Crippen LogP contribution in [0.25, 0.3) is 5.76 Å². The number of ketones is 1. The van der Waals surface area contributed by atoms with Crippen molar-refractivity contribution in [2.45, 2.75) is 41.5 Å². The largest absolute Gasteiger partial charge is 0.872 e. The van der Waals surface area contributed by atoms with Crippen molar-refractivity contribution in [1.82, 2.24) is 0 Å². The molecular formula is C16H4ClF14O2-. The second-order valence-electron chi connectivity index (χ2n) is 6.60. The highest BCUT2D eigenvalue weighted by Crippen LogP contribution is 2.69. The fourth-order valence-corrected chi connectivity index (χ4v) is 2.95. The Labute approximate surface area is 177 Å². The van der Waals surface area contributed by atoms with E-state index in [1.54, 1.807) is 0 Å². The second-order valence-corrected chi connectivity index (χ2v) is 7.00. The van der Waals surface area contributed by atoms with Gasteiger partial charge in [0.1, 0.15) is 0 Å². The lowest BCUT2D eigenvalue weighted by atomic mass is 9.70.